The van der Waals surface area contributed by atoms with Gasteiger partial charge < -0.3 is 15.4 Å². The van der Waals surface area contributed by atoms with Crippen LogP contribution < -0.4 is 15.4 Å². The molecule has 4 heteroatoms. The highest BCUT2D eigenvalue weighted by Gasteiger charge is 1.97. The lowest BCUT2D eigenvalue weighted by Gasteiger charge is -2.10. The third kappa shape index (κ3) is 5.68. The van der Waals surface area contributed by atoms with Crippen LogP contribution in [0.3, 0.4) is 0 Å². The van der Waals surface area contributed by atoms with Crippen LogP contribution in [0.15, 0.2) is 36.9 Å². The van der Waals surface area contributed by atoms with Crippen molar-refractivity contribution in [1.82, 2.24) is 5.32 Å². The molecule has 3 nitrogen and oxygen atoms in total. The number of thiocarbonyl (C=S) groups is 1. The minimum atomic E-state index is 0.518. The van der Waals surface area contributed by atoms with Crippen LogP contribution in [0.2, 0.25) is 0 Å². The molecule has 1 rings (SSSR count). The van der Waals surface area contributed by atoms with Crippen LogP contribution in [-0.4, -0.2) is 18.3 Å². The molecule has 0 saturated heterocycles. The van der Waals surface area contributed by atoms with E-state index < -0.39 is 0 Å². The topological polar surface area (TPSA) is 33.3 Å². The first-order valence-electron chi connectivity index (χ1n) is 6.15. The van der Waals surface area contributed by atoms with Crippen LogP contribution in [0, 0.1) is 0 Å². The molecule has 1 aromatic rings. The Kier molecular flexibility index (Phi) is 6.87. The molecule has 18 heavy (non-hydrogen) atoms. The van der Waals surface area contributed by atoms with Gasteiger partial charge in [-0.1, -0.05) is 26.0 Å². The van der Waals surface area contributed by atoms with Gasteiger partial charge in [-0.15, -0.1) is 0 Å². The quantitative estimate of drug-likeness (QED) is 0.449. The van der Waals surface area contributed by atoms with Crippen molar-refractivity contribution in [2.45, 2.75) is 19.8 Å². The van der Waals surface area contributed by atoms with Gasteiger partial charge in [0.1, 0.15) is 12.4 Å². The van der Waals surface area contributed by atoms with Gasteiger partial charge in [-0.05, 0) is 42.9 Å². The van der Waals surface area contributed by atoms with Crippen LogP contribution >= 0.6 is 12.2 Å². The van der Waals surface area contributed by atoms with E-state index in [2.05, 4.69) is 24.1 Å². The average Bonchev–Trinajstić information content (AvgIpc) is 2.38. The van der Waals surface area contributed by atoms with Gasteiger partial charge in [0.05, 0.1) is 0 Å². The highest BCUT2D eigenvalue weighted by molar-refractivity contribution is 7.80. The fourth-order valence-corrected chi connectivity index (χ4v) is 1.56. The molecular weight excluding hydrogens is 244 g/mol. The minimum absolute atomic E-state index is 0.518. The molecular formula is C14H20N2OS. The summed E-state index contributed by atoms with van der Waals surface area (Å²) in [6, 6.07) is 7.68. The SMILES string of the molecule is C=CCOc1ccc(NC(=S)NCCCC)cc1. The summed E-state index contributed by atoms with van der Waals surface area (Å²) in [5.41, 5.74) is 0.954. The normalized spacial score (nSPS) is 9.61. The number of unbranched alkanes of at least 4 members (excludes halogenated alkanes) is 1. The largest absolute Gasteiger partial charge is 0.490 e. The molecule has 2 N–H and O–H groups in total. The minimum Gasteiger partial charge on any atom is -0.490 e. The third-order valence-electron chi connectivity index (χ3n) is 2.30. The van der Waals surface area contributed by atoms with Crippen molar-refractivity contribution in [3.63, 3.8) is 0 Å². The van der Waals surface area contributed by atoms with Crippen molar-refractivity contribution < 1.29 is 4.74 Å². The molecule has 0 radical (unpaired) electrons. The van der Waals surface area contributed by atoms with E-state index in [0.717, 1.165) is 30.8 Å². The van der Waals surface area contributed by atoms with Crippen molar-refractivity contribution in [2.24, 2.45) is 0 Å². The summed E-state index contributed by atoms with van der Waals surface area (Å²) in [5.74, 6) is 0.824. The van der Waals surface area contributed by atoms with Crippen LogP contribution in [0.25, 0.3) is 0 Å². The summed E-state index contributed by atoms with van der Waals surface area (Å²) in [5, 5.41) is 6.94. The summed E-state index contributed by atoms with van der Waals surface area (Å²) < 4.78 is 5.40. The molecule has 0 saturated carbocycles. The second kappa shape index (κ2) is 8.53. The molecule has 0 aromatic heterocycles. The molecule has 0 atom stereocenters. The lowest BCUT2D eigenvalue weighted by atomic mass is 10.3. The first-order valence-corrected chi connectivity index (χ1v) is 6.55. The Morgan fingerprint density at radius 2 is 2.11 bits per heavy atom. The zero-order chi connectivity index (χ0) is 13.2. The average molecular weight is 264 g/mol. The Bertz CT molecular complexity index is 376. The van der Waals surface area contributed by atoms with Crippen LogP contribution in [0.4, 0.5) is 5.69 Å². The van der Waals surface area contributed by atoms with E-state index in [0.29, 0.717) is 11.7 Å². The number of hydrogen-bond acceptors (Lipinski definition) is 2. The van der Waals surface area contributed by atoms with Crippen molar-refractivity contribution in [2.75, 3.05) is 18.5 Å². The Morgan fingerprint density at radius 1 is 1.39 bits per heavy atom. The lowest BCUT2D eigenvalue weighted by Crippen LogP contribution is -2.29. The predicted octanol–water partition coefficient (Wildman–Crippen LogP) is 3.34. The number of benzene rings is 1. The number of nitrogens with one attached hydrogen (secondary N) is 2. The van der Waals surface area contributed by atoms with Crippen LogP contribution in [-0.2, 0) is 0 Å². The molecule has 0 fully saturated rings. The van der Waals surface area contributed by atoms with Gasteiger partial charge in [0, 0.05) is 12.2 Å². The van der Waals surface area contributed by atoms with Gasteiger partial charge >= 0.3 is 0 Å². The van der Waals surface area contributed by atoms with Gasteiger partial charge in [-0.25, -0.2) is 0 Å². The van der Waals surface area contributed by atoms with Crippen molar-refractivity contribution in [3.8, 4) is 5.75 Å². The van der Waals surface area contributed by atoms with Gasteiger partial charge in [-0.3, -0.25) is 0 Å². The summed E-state index contributed by atoms with van der Waals surface area (Å²) in [6.07, 6.45) is 4.00. The van der Waals surface area contributed by atoms with E-state index in [9.17, 15) is 0 Å². The first kappa shape index (κ1) is 14.5. The Balaban J connectivity index is 2.38. The zero-order valence-electron chi connectivity index (χ0n) is 10.7. The fraction of sp³-hybridized carbons (Fsp3) is 0.357. The lowest BCUT2D eigenvalue weighted by molar-refractivity contribution is 0.363. The monoisotopic (exact) mass is 264 g/mol. The van der Waals surface area contributed by atoms with Gasteiger partial charge in [0.15, 0.2) is 5.11 Å². The maximum atomic E-state index is 5.40. The number of rotatable bonds is 7. The maximum absolute atomic E-state index is 5.40. The Hall–Kier alpha value is -1.55. The summed E-state index contributed by atoms with van der Waals surface area (Å²) >= 11 is 5.19. The third-order valence-corrected chi connectivity index (χ3v) is 2.54. The summed E-state index contributed by atoms with van der Waals surface area (Å²) in [4.78, 5) is 0. The van der Waals surface area contributed by atoms with E-state index in [1.807, 2.05) is 24.3 Å². The number of ether oxygens (including phenoxy) is 1. The van der Waals surface area contributed by atoms with E-state index in [1.54, 1.807) is 6.08 Å². The highest BCUT2D eigenvalue weighted by atomic mass is 32.1. The Labute approximate surface area is 114 Å². The summed E-state index contributed by atoms with van der Waals surface area (Å²) in [6.45, 7) is 7.18. The van der Waals surface area contributed by atoms with Gasteiger partial charge in [0.25, 0.3) is 0 Å². The fourth-order valence-electron chi connectivity index (χ4n) is 1.34. The molecule has 0 aliphatic heterocycles. The molecule has 0 bridgehead atoms. The van der Waals surface area contributed by atoms with Crippen LogP contribution in [0.1, 0.15) is 19.8 Å². The number of anilines is 1. The molecule has 1 aromatic carbocycles. The predicted molar refractivity (Wildman–Crippen MR) is 81.3 cm³/mol. The highest BCUT2D eigenvalue weighted by Crippen LogP contribution is 2.15. The van der Waals surface area contributed by atoms with Crippen molar-refractivity contribution >= 4 is 23.0 Å². The van der Waals surface area contributed by atoms with E-state index in [-0.39, 0.29) is 0 Å². The molecule has 98 valence electrons. The zero-order valence-corrected chi connectivity index (χ0v) is 11.6. The van der Waals surface area contributed by atoms with E-state index in [4.69, 9.17) is 17.0 Å². The molecule has 0 spiro atoms. The second-order valence-corrected chi connectivity index (χ2v) is 4.27. The molecule has 0 aliphatic carbocycles. The Morgan fingerprint density at radius 3 is 2.72 bits per heavy atom. The second-order valence-electron chi connectivity index (χ2n) is 3.86. The van der Waals surface area contributed by atoms with Gasteiger partial charge in [0.2, 0.25) is 0 Å². The molecule has 0 aliphatic rings. The smallest absolute Gasteiger partial charge is 0.170 e. The molecule has 0 amide bonds. The van der Waals surface area contributed by atoms with E-state index >= 15 is 0 Å². The number of hydrogen-bond donors (Lipinski definition) is 2. The maximum Gasteiger partial charge on any atom is 0.170 e. The van der Waals surface area contributed by atoms with Crippen molar-refractivity contribution in [1.29, 1.82) is 0 Å². The van der Waals surface area contributed by atoms with Crippen LogP contribution in [0.5, 0.6) is 5.75 Å². The standard InChI is InChI=1S/C14H20N2OS/c1-3-5-10-15-14(18)16-12-6-8-13(9-7-12)17-11-4-2/h4,6-9H,2-3,5,10-11H2,1H3,(H2,15,16,18). The van der Waals surface area contributed by atoms with Gasteiger partial charge in [-0.2, -0.15) is 0 Å². The summed E-state index contributed by atoms with van der Waals surface area (Å²) in [7, 11) is 0. The van der Waals surface area contributed by atoms with Crippen molar-refractivity contribution in [3.05, 3.63) is 36.9 Å². The molecule has 0 heterocycles. The first-order chi connectivity index (χ1) is 8.76. The van der Waals surface area contributed by atoms with E-state index in [1.165, 1.54) is 0 Å². The molecule has 0 unspecified atom stereocenters.